The Morgan fingerprint density at radius 1 is 0.938 bits per heavy atom. The van der Waals surface area contributed by atoms with Crippen LogP contribution in [-0.4, -0.2) is 75.2 Å². The number of unbranched alkanes of at least 4 members (excludes halogenated alkanes) is 2. The number of aliphatic hydroxyl groups is 1. The first kappa shape index (κ1) is 34.9. The first-order chi connectivity index (χ1) is 23.2. The van der Waals surface area contributed by atoms with E-state index < -0.39 is 6.04 Å². The van der Waals surface area contributed by atoms with Gasteiger partial charge in [-0.15, -0.1) is 0 Å². The maximum atomic E-state index is 14.6. The Kier molecular flexibility index (Phi) is 11.3. The molecule has 48 heavy (non-hydrogen) atoms. The third kappa shape index (κ3) is 7.32. The molecule has 3 aromatic carbocycles. The van der Waals surface area contributed by atoms with Crippen molar-refractivity contribution in [2.24, 2.45) is 0 Å². The number of carbonyl (C=O) groups is 3. The van der Waals surface area contributed by atoms with Crippen LogP contribution < -0.4 is 5.32 Å². The summed E-state index contributed by atoms with van der Waals surface area (Å²) in [4.78, 5) is 44.5. The van der Waals surface area contributed by atoms with Gasteiger partial charge < -0.3 is 20.2 Å². The highest BCUT2D eigenvalue weighted by molar-refractivity contribution is 6.34. The predicted molar refractivity (Wildman–Crippen MR) is 189 cm³/mol. The number of nitrogens with zero attached hydrogens (tertiary/aromatic N) is 4. The van der Waals surface area contributed by atoms with Gasteiger partial charge >= 0.3 is 0 Å². The molecule has 0 radical (unpaired) electrons. The molecule has 0 unspecified atom stereocenters. The van der Waals surface area contributed by atoms with Crippen LogP contribution in [0, 0.1) is 6.92 Å². The van der Waals surface area contributed by atoms with E-state index in [1.165, 1.54) is 0 Å². The van der Waals surface area contributed by atoms with Crippen molar-refractivity contribution < 1.29 is 19.5 Å². The van der Waals surface area contributed by atoms with Crippen molar-refractivity contribution in [1.82, 2.24) is 24.9 Å². The topological polar surface area (TPSA) is 108 Å². The number of benzene rings is 3. The van der Waals surface area contributed by atoms with Crippen LogP contribution in [0.1, 0.15) is 87.6 Å². The van der Waals surface area contributed by atoms with Gasteiger partial charge in [-0.25, -0.2) is 4.68 Å². The largest absolute Gasteiger partial charge is 0.394 e. The third-order valence-corrected chi connectivity index (χ3v) is 9.34. The lowest BCUT2D eigenvalue weighted by Gasteiger charge is -2.36. The summed E-state index contributed by atoms with van der Waals surface area (Å²) in [6.07, 6.45) is 4.31. The number of fused-ring (bicyclic) bond motifs is 1. The number of halogens is 1. The van der Waals surface area contributed by atoms with Crippen LogP contribution >= 0.6 is 11.6 Å². The maximum Gasteiger partial charge on any atom is 0.274 e. The fourth-order valence-electron chi connectivity index (χ4n) is 6.23. The van der Waals surface area contributed by atoms with Crippen molar-refractivity contribution >= 4 is 29.3 Å². The molecule has 3 amide bonds. The Morgan fingerprint density at radius 3 is 2.23 bits per heavy atom. The van der Waals surface area contributed by atoms with Gasteiger partial charge in [0, 0.05) is 32.4 Å². The molecule has 0 saturated heterocycles. The summed E-state index contributed by atoms with van der Waals surface area (Å²) >= 11 is 6.35. The zero-order valence-electron chi connectivity index (χ0n) is 28.1. The van der Waals surface area contributed by atoms with Crippen molar-refractivity contribution in [2.75, 3.05) is 26.7 Å². The van der Waals surface area contributed by atoms with Crippen molar-refractivity contribution in [3.63, 3.8) is 0 Å². The van der Waals surface area contributed by atoms with Crippen LogP contribution in [-0.2, 0) is 13.0 Å². The van der Waals surface area contributed by atoms with Gasteiger partial charge in [-0.05, 0) is 78.8 Å². The predicted octanol–water partition coefficient (Wildman–Crippen LogP) is 6.46. The van der Waals surface area contributed by atoms with E-state index in [0.717, 1.165) is 36.8 Å². The molecular weight excluding hydrogens is 626 g/mol. The summed E-state index contributed by atoms with van der Waals surface area (Å²) in [6.45, 7) is 7.57. The van der Waals surface area contributed by atoms with Crippen molar-refractivity contribution in [2.45, 2.75) is 65.5 Å². The van der Waals surface area contributed by atoms with Crippen molar-refractivity contribution in [3.8, 4) is 16.8 Å². The molecule has 4 aromatic rings. The van der Waals surface area contributed by atoms with E-state index in [9.17, 15) is 19.5 Å². The molecule has 5 rings (SSSR count). The SMILES string of the molecule is CCCCN(CCCC)C(=O)c1cc(C)n(-c2ccc(-c3ccc(Cl)c(C(=O)NC)c3)cc2C(=O)N2Cc3ccccc3C[C@H]2CO)n1. The molecule has 10 heteroatoms. The van der Waals surface area contributed by atoms with Gasteiger partial charge in [0.1, 0.15) is 0 Å². The molecule has 1 atom stereocenters. The Labute approximate surface area is 287 Å². The number of carbonyl (C=O) groups excluding carboxylic acids is 3. The zero-order chi connectivity index (χ0) is 34.4. The zero-order valence-corrected chi connectivity index (χ0v) is 28.9. The highest BCUT2D eigenvalue weighted by Crippen LogP contribution is 2.32. The second-order valence-electron chi connectivity index (χ2n) is 12.3. The summed E-state index contributed by atoms with van der Waals surface area (Å²) in [5.74, 6) is -0.709. The number of nitrogens with one attached hydrogen (secondary N) is 1. The molecule has 252 valence electrons. The van der Waals surface area contributed by atoms with Crippen LogP contribution in [0.2, 0.25) is 5.02 Å². The lowest BCUT2D eigenvalue weighted by Crippen LogP contribution is -2.46. The number of amides is 3. The van der Waals surface area contributed by atoms with E-state index in [1.54, 1.807) is 40.9 Å². The van der Waals surface area contributed by atoms with E-state index >= 15 is 0 Å². The van der Waals surface area contributed by atoms with E-state index in [0.29, 0.717) is 70.4 Å². The Hall–Kier alpha value is -4.47. The van der Waals surface area contributed by atoms with Gasteiger partial charge in [0.05, 0.1) is 34.5 Å². The van der Waals surface area contributed by atoms with Crippen molar-refractivity contribution in [1.29, 1.82) is 0 Å². The molecule has 0 bridgehead atoms. The van der Waals surface area contributed by atoms with Crippen LogP contribution in [0.15, 0.2) is 66.7 Å². The van der Waals surface area contributed by atoms with E-state index in [2.05, 4.69) is 19.2 Å². The smallest absolute Gasteiger partial charge is 0.274 e. The maximum absolute atomic E-state index is 14.6. The van der Waals surface area contributed by atoms with Gasteiger partial charge in [0.25, 0.3) is 17.7 Å². The first-order valence-corrected chi connectivity index (χ1v) is 17.1. The number of aryl methyl sites for hydroxylation is 1. The molecule has 1 aromatic heterocycles. The second kappa shape index (κ2) is 15.6. The number of aliphatic hydroxyl groups excluding tert-OH is 1. The minimum absolute atomic E-state index is 0.126. The molecule has 9 nitrogen and oxygen atoms in total. The first-order valence-electron chi connectivity index (χ1n) is 16.7. The average molecular weight is 670 g/mol. The summed E-state index contributed by atoms with van der Waals surface area (Å²) < 4.78 is 1.66. The number of hydrogen-bond donors (Lipinski definition) is 2. The molecular formula is C38H44ClN5O4. The number of rotatable bonds is 12. The number of aromatic nitrogens is 2. The van der Waals surface area contributed by atoms with E-state index in [-0.39, 0.29) is 24.3 Å². The highest BCUT2D eigenvalue weighted by Gasteiger charge is 2.32. The summed E-state index contributed by atoms with van der Waals surface area (Å²) in [7, 11) is 1.55. The van der Waals surface area contributed by atoms with Gasteiger partial charge in [0.15, 0.2) is 5.69 Å². The van der Waals surface area contributed by atoms with Crippen LogP contribution in [0.25, 0.3) is 16.8 Å². The molecule has 2 N–H and O–H groups in total. The third-order valence-electron chi connectivity index (χ3n) is 9.01. The molecule has 0 fully saturated rings. The normalized spacial score (nSPS) is 14.0. The fraction of sp³-hybridized carbons (Fsp3) is 0.368. The molecule has 1 aliphatic rings. The summed E-state index contributed by atoms with van der Waals surface area (Å²) in [6, 6.07) is 20.0. The second-order valence-corrected chi connectivity index (χ2v) is 12.7. The Bertz CT molecular complexity index is 1790. The molecule has 2 heterocycles. The minimum atomic E-state index is -0.416. The molecule has 0 aliphatic carbocycles. The Morgan fingerprint density at radius 2 is 1.58 bits per heavy atom. The minimum Gasteiger partial charge on any atom is -0.394 e. The standard InChI is InChI=1S/C38H44ClN5O4/c1-5-7-17-42(18-8-6-2)38(48)34-19-25(3)44(41-34)35-16-14-28(27-13-15-33(39)31(21-27)36(46)40-4)22-32(35)37(47)43-23-29-12-10-9-11-26(29)20-30(43)24-45/h9-16,19,21-22,30,45H,5-8,17-18,20,23-24H2,1-4H3,(H,40,46)/t30-/m0/s1. The van der Waals surface area contributed by atoms with E-state index in [1.807, 2.05) is 54.3 Å². The summed E-state index contributed by atoms with van der Waals surface area (Å²) in [5.41, 5.74) is 5.79. The van der Waals surface area contributed by atoms with Gasteiger partial charge in [-0.2, -0.15) is 5.10 Å². The van der Waals surface area contributed by atoms with Gasteiger partial charge in [-0.1, -0.05) is 74.7 Å². The Balaban J connectivity index is 1.61. The van der Waals surface area contributed by atoms with Crippen molar-refractivity contribution in [3.05, 3.63) is 105 Å². The lowest BCUT2D eigenvalue weighted by atomic mass is 9.93. The quantitative estimate of drug-likeness (QED) is 0.180. The fourth-order valence-corrected chi connectivity index (χ4v) is 6.43. The monoisotopic (exact) mass is 669 g/mol. The van der Waals surface area contributed by atoms with Gasteiger partial charge in [0.2, 0.25) is 0 Å². The van der Waals surface area contributed by atoms with Crippen LogP contribution in [0.3, 0.4) is 0 Å². The van der Waals surface area contributed by atoms with E-state index in [4.69, 9.17) is 16.7 Å². The average Bonchev–Trinajstić information content (AvgIpc) is 3.51. The number of hydrogen-bond acceptors (Lipinski definition) is 5. The summed E-state index contributed by atoms with van der Waals surface area (Å²) in [5, 5.41) is 18.1. The van der Waals surface area contributed by atoms with Crippen LogP contribution in [0.4, 0.5) is 0 Å². The molecule has 0 saturated carbocycles. The van der Waals surface area contributed by atoms with Crippen LogP contribution in [0.5, 0.6) is 0 Å². The molecule has 1 aliphatic heterocycles. The lowest BCUT2D eigenvalue weighted by molar-refractivity contribution is 0.0544. The van der Waals surface area contributed by atoms with Gasteiger partial charge in [-0.3, -0.25) is 14.4 Å². The highest BCUT2D eigenvalue weighted by atomic mass is 35.5. The molecule has 0 spiro atoms.